The molecule has 0 spiro atoms. The third-order valence-electron chi connectivity index (χ3n) is 6.18. The second kappa shape index (κ2) is 9.88. The average molecular weight is 498 g/mol. The largest absolute Gasteiger partial charge is 0.383 e. The molecule has 2 heterocycles. The number of H-pyrrole nitrogens is 1. The summed E-state index contributed by atoms with van der Waals surface area (Å²) in [5.74, 6) is -1.25. The first-order chi connectivity index (χ1) is 16.7. The summed E-state index contributed by atoms with van der Waals surface area (Å²) in [7, 11) is -2.35. The van der Waals surface area contributed by atoms with E-state index in [0.29, 0.717) is 19.4 Å². The van der Waals surface area contributed by atoms with Gasteiger partial charge in [-0.25, -0.2) is 13.2 Å². The van der Waals surface area contributed by atoms with E-state index >= 15 is 0 Å². The average Bonchev–Trinajstić information content (AvgIpc) is 2.87. The van der Waals surface area contributed by atoms with Crippen LogP contribution in [0.15, 0.2) is 75.1 Å². The standard InChI is InChI=1S/C24H27N5O5S/c1-27(20-21(25)29(24(32)26-22(20)30)15-17-9-4-2-5-10-17)23(31)18-11-8-14-28(16-18)35(33,34)19-12-6-3-7-13-19/h2-7,9-10,12-13,18H,8,11,14-16,25H2,1H3,(H,26,30,32). The van der Waals surface area contributed by atoms with Crippen molar-refractivity contribution in [2.45, 2.75) is 24.3 Å². The molecule has 0 bridgehead atoms. The van der Waals surface area contributed by atoms with Crippen LogP contribution in [0.2, 0.25) is 0 Å². The van der Waals surface area contributed by atoms with E-state index in [0.717, 1.165) is 10.5 Å². The number of nitrogen functional groups attached to an aromatic ring is 1. The minimum absolute atomic E-state index is 0.0120. The van der Waals surface area contributed by atoms with Gasteiger partial charge in [-0.05, 0) is 30.5 Å². The molecule has 1 aliphatic rings. The minimum atomic E-state index is -3.76. The van der Waals surface area contributed by atoms with Crippen molar-refractivity contribution in [3.63, 3.8) is 0 Å². The van der Waals surface area contributed by atoms with Crippen LogP contribution in [0.25, 0.3) is 0 Å². The van der Waals surface area contributed by atoms with E-state index in [4.69, 9.17) is 5.73 Å². The predicted molar refractivity (Wildman–Crippen MR) is 133 cm³/mol. The maximum atomic E-state index is 13.4. The number of piperidine rings is 1. The summed E-state index contributed by atoms with van der Waals surface area (Å²) in [6.45, 7) is 0.404. The number of benzene rings is 2. The van der Waals surface area contributed by atoms with Crippen molar-refractivity contribution in [3.05, 3.63) is 87.1 Å². The summed E-state index contributed by atoms with van der Waals surface area (Å²) in [5.41, 5.74) is 5.40. The number of anilines is 2. The number of hydrogen-bond acceptors (Lipinski definition) is 6. The SMILES string of the molecule is CN(C(=O)C1CCCN(S(=O)(=O)c2ccccc2)C1)c1c(N)n(Cc2ccccc2)c(=O)[nH]c1=O. The Morgan fingerprint density at radius 3 is 2.37 bits per heavy atom. The van der Waals surface area contributed by atoms with E-state index in [2.05, 4.69) is 4.98 Å². The monoisotopic (exact) mass is 497 g/mol. The fourth-order valence-corrected chi connectivity index (χ4v) is 5.86. The van der Waals surface area contributed by atoms with Gasteiger partial charge >= 0.3 is 5.69 Å². The molecule has 0 aliphatic carbocycles. The van der Waals surface area contributed by atoms with Gasteiger partial charge in [0.05, 0.1) is 17.4 Å². The predicted octanol–water partition coefficient (Wildman–Crippen LogP) is 1.23. The van der Waals surface area contributed by atoms with Gasteiger partial charge in [0.15, 0.2) is 5.69 Å². The quantitative estimate of drug-likeness (QED) is 0.525. The second-order valence-corrected chi connectivity index (χ2v) is 10.4. The Morgan fingerprint density at radius 1 is 1.09 bits per heavy atom. The number of nitrogens with two attached hydrogens (primary N) is 1. The molecule has 1 fully saturated rings. The fourth-order valence-electron chi connectivity index (χ4n) is 4.31. The highest BCUT2D eigenvalue weighted by Gasteiger charge is 2.35. The zero-order valence-corrected chi connectivity index (χ0v) is 20.1. The lowest BCUT2D eigenvalue weighted by Gasteiger charge is -2.33. The number of rotatable bonds is 6. The molecule has 1 unspecified atom stereocenters. The molecule has 35 heavy (non-hydrogen) atoms. The lowest BCUT2D eigenvalue weighted by atomic mass is 9.98. The lowest BCUT2D eigenvalue weighted by molar-refractivity contribution is -0.123. The molecule has 3 N–H and O–H groups in total. The van der Waals surface area contributed by atoms with Crippen molar-refractivity contribution < 1.29 is 13.2 Å². The lowest BCUT2D eigenvalue weighted by Crippen LogP contribution is -2.47. The number of nitrogens with one attached hydrogen (secondary N) is 1. The Bertz CT molecular complexity index is 1430. The Morgan fingerprint density at radius 2 is 1.71 bits per heavy atom. The van der Waals surface area contributed by atoms with E-state index < -0.39 is 33.1 Å². The Balaban J connectivity index is 1.60. The van der Waals surface area contributed by atoms with Crippen molar-refractivity contribution in [1.82, 2.24) is 13.9 Å². The molecule has 1 saturated heterocycles. The Hall–Kier alpha value is -3.70. The van der Waals surface area contributed by atoms with Crippen molar-refractivity contribution in [2.24, 2.45) is 5.92 Å². The van der Waals surface area contributed by atoms with Crippen molar-refractivity contribution in [3.8, 4) is 0 Å². The van der Waals surface area contributed by atoms with Crippen molar-refractivity contribution in [2.75, 3.05) is 30.8 Å². The van der Waals surface area contributed by atoms with Crippen LogP contribution in [0.5, 0.6) is 0 Å². The molecule has 4 rings (SSSR count). The van der Waals surface area contributed by atoms with E-state index in [-0.39, 0.29) is 29.5 Å². The molecular weight excluding hydrogens is 470 g/mol. The molecule has 1 atom stereocenters. The van der Waals surface area contributed by atoms with Gasteiger partial charge in [0, 0.05) is 20.1 Å². The molecule has 0 radical (unpaired) electrons. The zero-order chi connectivity index (χ0) is 25.2. The second-order valence-electron chi connectivity index (χ2n) is 8.48. The summed E-state index contributed by atoms with van der Waals surface area (Å²) >= 11 is 0. The Kier molecular flexibility index (Phi) is 6.90. The van der Waals surface area contributed by atoms with Crippen LogP contribution in [0, 0.1) is 5.92 Å². The van der Waals surface area contributed by atoms with Crippen LogP contribution in [0.1, 0.15) is 18.4 Å². The van der Waals surface area contributed by atoms with Crippen LogP contribution >= 0.6 is 0 Å². The number of amides is 1. The summed E-state index contributed by atoms with van der Waals surface area (Å²) in [5, 5.41) is 0. The van der Waals surface area contributed by atoms with Crippen molar-refractivity contribution >= 4 is 27.4 Å². The minimum Gasteiger partial charge on any atom is -0.383 e. The topological polar surface area (TPSA) is 139 Å². The summed E-state index contributed by atoms with van der Waals surface area (Å²) < 4.78 is 28.6. The molecule has 1 aromatic heterocycles. The van der Waals surface area contributed by atoms with Gasteiger partial charge in [-0.15, -0.1) is 0 Å². The molecule has 1 aliphatic heterocycles. The number of carbonyl (C=O) groups is 1. The number of carbonyl (C=O) groups excluding carboxylic acids is 1. The number of nitrogens with zero attached hydrogens (tertiary/aromatic N) is 3. The van der Waals surface area contributed by atoms with E-state index in [1.807, 2.05) is 30.3 Å². The van der Waals surface area contributed by atoms with Crippen LogP contribution in [0.4, 0.5) is 11.5 Å². The van der Waals surface area contributed by atoms with Gasteiger partial charge in [-0.2, -0.15) is 4.31 Å². The number of aromatic nitrogens is 2. The third-order valence-corrected chi connectivity index (χ3v) is 8.06. The molecule has 10 nitrogen and oxygen atoms in total. The molecule has 184 valence electrons. The normalized spacial score (nSPS) is 16.7. The molecule has 0 saturated carbocycles. The fraction of sp³-hybridized carbons (Fsp3) is 0.292. The van der Waals surface area contributed by atoms with Crippen LogP contribution in [-0.2, 0) is 21.4 Å². The van der Waals surface area contributed by atoms with E-state index in [1.165, 1.54) is 28.1 Å². The van der Waals surface area contributed by atoms with E-state index in [1.54, 1.807) is 18.2 Å². The van der Waals surface area contributed by atoms with Crippen molar-refractivity contribution in [1.29, 1.82) is 0 Å². The molecule has 2 aromatic carbocycles. The van der Waals surface area contributed by atoms with Gasteiger partial charge in [0.1, 0.15) is 5.82 Å². The van der Waals surface area contributed by atoms with Gasteiger partial charge in [-0.1, -0.05) is 48.5 Å². The highest BCUT2D eigenvalue weighted by Crippen LogP contribution is 2.26. The first-order valence-electron chi connectivity index (χ1n) is 11.2. The summed E-state index contributed by atoms with van der Waals surface area (Å²) in [6.07, 6.45) is 0.959. The number of sulfonamides is 1. The van der Waals surface area contributed by atoms with E-state index in [9.17, 15) is 22.8 Å². The summed E-state index contributed by atoms with van der Waals surface area (Å²) in [6, 6.07) is 17.2. The molecule has 11 heteroatoms. The first-order valence-corrected chi connectivity index (χ1v) is 12.6. The highest BCUT2D eigenvalue weighted by molar-refractivity contribution is 7.89. The Labute approximate surface area is 202 Å². The van der Waals surface area contributed by atoms with Crippen LogP contribution in [0.3, 0.4) is 0 Å². The zero-order valence-electron chi connectivity index (χ0n) is 19.3. The summed E-state index contributed by atoms with van der Waals surface area (Å²) in [4.78, 5) is 42.0. The molecule has 3 aromatic rings. The van der Waals surface area contributed by atoms with Gasteiger partial charge in [-0.3, -0.25) is 19.1 Å². The van der Waals surface area contributed by atoms with Gasteiger partial charge in [0.2, 0.25) is 15.9 Å². The third kappa shape index (κ3) is 4.91. The van der Waals surface area contributed by atoms with Gasteiger partial charge in [0.25, 0.3) is 5.56 Å². The smallest absolute Gasteiger partial charge is 0.330 e. The highest BCUT2D eigenvalue weighted by atomic mass is 32.2. The van der Waals surface area contributed by atoms with Crippen LogP contribution < -0.4 is 21.9 Å². The first kappa shape index (κ1) is 24.4. The molecular formula is C24H27N5O5S. The maximum absolute atomic E-state index is 13.4. The number of hydrogen-bond donors (Lipinski definition) is 2. The number of aromatic amines is 1. The molecule has 1 amide bonds. The van der Waals surface area contributed by atoms with Gasteiger partial charge < -0.3 is 10.6 Å². The maximum Gasteiger partial charge on any atom is 0.330 e. The van der Waals surface area contributed by atoms with Crippen LogP contribution in [-0.4, -0.2) is 48.3 Å².